The van der Waals surface area contributed by atoms with Crippen LogP contribution in [0.3, 0.4) is 0 Å². The lowest BCUT2D eigenvalue weighted by atomic mass is 9.81. The second-order valence-electron chi connectivity index (χ2n) is 4.65. The SMILES string of the molecule is CC1(C)CC(O)(C#N)c2cc(Br)ccc2O1. The van der Waals surface area contributed by atoms with Gasteiger partial charge in [-0.3, -0.25) is 0 Å². The van der Waals surface area contributed by atoms with Crippen molar-refractivity contribution >= 4 is 15.9 Å². The van der Waals surface area contributed by atoms with Gasteiger partial charge in [-0.25, -0.2) is 0 Å². The number of rotatable bonds is 0. The molecule has 84 valence electrons. The predicted molar refractivity (Wildman–Crippen MR) is 63.0 cm³/mol. The minimum absolute atomic E-state index is 0.264. The number of nitriles is 1. The van der Waals surface area contributed by atoms with Gasteiger partial charge in [0.2, 0.25) is 0 Å². The highest BCUT2D eigenvalue weighted by molar-refractivity contribution is 9.10. The van der Waals surface area contributed by atoms with Crippen LogP contribution in [0.5, 0.6) is 5.75 Å². The van der Waals surface area contributed by atoms with Gasteiger partial charge >= 0.3 is 0 Å². The lowest BCUT2D eigenvalue weighted by Gasteiger charge is -2.39. The van der Waals surface area contributed by atoms with Gasteiger partial charge in [0.1, 0.15) is 17.4 Å². The van der Waals surface area contributed by atoms with Gasteiger partial charge < -0.3 is 9.84 Å². The molecule has 1 heterocycles. The minimum Gasteiger partial charge on any atom is -0.487 e. The van der Waals surface area contributed by atoms with Gasteiger partial charge in [-0.1, -0.05) is 15.9 Å². The fourth-order valence-corrected chi connectivity index (χ4v) is 2.42. The molecule has 1 unspecified atom stereocenters. The van der Waals surface area contributed by atoms with Crippen molar-refractivity contribution in [2.45, 2.75) is 31.5 Å². The van der Waals surface area contributed by atoms with Crippen LogP contribution in [0.4, 0.5) is 0 Å². The molecule has 0 saturated heterocycles. The van der Waals surface area contributed by atoms with Crippen molar-refractivity contribution in [1.82, 2.24) is 0 Å². The van der Waals surface area contributed by atoms with Gasteiger partial charge in [-0.15, -0.1) is 0 Å². The first kappa shape index (κ1) is 11.4. The maximum atomic E-state index is 10.3. The van der Waals surface area contributed by atoms with Gasteiger partial charge in [0.05, 0.1) is 0 Å². The number of halogens is 1. The van der Waals surface area contributed by atoms with E-state index in [9.17, 15) is 5.11 Å². The fraction of sp³-hybridized carbons (Fsp3) is 0.417. The van der Waals surface area contributed by atoms with E-state index in [-0.39, 0.29) is 6.42 Å². The summed E-state index contributed by atoms with van der Waals surface area (Å²) in [6, 6.07) is 7.30. The van der Waals surface area contributed by atoms with E-state index >= 15 is 0 Å². The van der Waals surface area contributed by atoms with E-state index in [4.69, 9.17) is 10.00 Å². The molecule has 0 spiro atoms. The van der Waals surface area contributed by atoms with Crippen molar-refractivity contribution in [3.8, 4) is 11.8 Å². The summed E-state index contributed by atoms with van der Waals surface area (Å²) in [5, 5.41) is 19.5. The van der Waals surface area contributed by atoms with E-state index in [1.54, 1.807) is 12.1 Å². The summed E-state index contributed by atoms with van der Waals surface area (Å²) in [7, 11) is 0. The first-order valence-corrected chi connectivity index (χ1v) is 5.78. The highest BCUT2D eigenvalue weighted by Gasteiger charge is 2.44. The maximum Gasteiger partial charge on any atom is 0.184 e. The van der Waals surface area contributed by atoms with Crippen LogP contribution in [-0.4, -0.2) is 10.7 Å². The van der Waals surface area contributed by atoms with Crippen LogP contribution in [0.2, 0.25) is 0 Å². The number of hydrogen-bond acceptors (Lipinski definition) is 3. The van der Waals surface area contributed by atoms with E-state index in [0.717, 1.165) is 4.47 Å². The van der Waals surface area contributed by atoms with Crippen molar-refractivity contribution in [2.24, 2.45) is 0 Å². The molecule has 2 rings (SSSR count). The van der Waals surface area contributed by atoms with Gasteiger partial charge in [-0.05, 0) is 32.0 Å². The molecule has 1 aliphatic rings. The summed E-state index contributed by atoms with van der Waals surface area (Å²) in [6.45, 7) is 3.72. The van der Waals surface area contributed by atoms with E-state index < -0.39 is 11.2 Å². The highest BCUT2D eigenvalue weighted by atomic mass is 79.9. The van der Waals surface area contributed by atoms with E-state index in [1.807, 2.05) is 26.0 Å². The fourth-order valence-electron chi connectivity index (χ4n) is 2.06. The molecular weight excluding hydrogens is 270 g/mol. The Labute approximate surface area is 103 Å². The Hall–Kier alpha value is -1.05. The summed E-state index contributed by atoms with van der Waals surface area (Å²) in [5.41, 5.74) is -1.48. The van der Waals surface area contributed by atoms with Crippen molar-refractivity contribution in [3.05, 3.63) is 28.2 Å². The summed E-state index contributed by atoms with van der Waals surface area (Å²) < 4.78 is 6.56. The van der Waals surface area contributed by atoms with Crippen LogP contribution in [-0.2, 0) is 5.60 Å². The normalized spacial score (nSPS) is 26.4. The van der Waals surface area contributed by atoms with Gasteiger partial charge in [0, 0.05) is 16.5 Å². The molecule has 0 aliphatic carbocycles. The number of hydrogen-bond donors (Lipinski definition) is 1. The van der Waals surface area contributed by atoms with Crippen molar-refractivity contribution < 1.29 is 9.84 Å². The molecule has 4 heteroatoms. The standard InChI is InChI=1S/C12H12BrNO2/c1-11(2)6-12(15,7-14)9-5-8(13)3-4-10(9)16-11/h3-5,15H,6H2,1-2H3. The molecule has 0 amide bonds. The molecular formula is C12H12BrNO2. The number of fused-ring (bicyclic) bond motifs is 1. The third-order valence-corrected chi connectivity index (χ3v) is 3.13. The second kappa shape index (κ2) is 3.47. The zero-order valence-corrected chi connectivity index (χ0v) is 10.7. The Morgan fingerprint density at radius 3 is 2.81 bits per heavy atom. The van der Waals surface area contributed by atoms with Crippen LogP contribution in [0, 0.1) is 11.3 Å². The largest absolute Gasteiger partial charge is 0.487 e. The molecule has 1 atom stereocenters. The average molecular weight is 282 g/mol. The van der Waals surface area contributed by atoms with Crippen molar-refractivity contribution in [2.75, 3.05) is 0 Å². The highest BCUT2D eigenvalue weighted by Crippen LogP contribution is 2.43. The van der Waals surface area contributed by atoms with E-state index in [1.165, 1.54) is 0 Å². The lowest BCUT2D eigenvalue weighted by Crippen LogP contribution is -2.43. The molecule has 1 aromatic rings. The summed E-state index contributed by atoms with van der Waals surface area (Å²) in [5.74, 6) is 0.573. The number of benzene rings is 1. The molecule has 16 heavy (non-hydrogen) atoms. The average Bonchev–Trinajstić information content (AvgIpc) is 2.18. The number of ether oxygens (including phenoxy) is 1. The van der Waals surface area contributed by atoms with Crippen LogP contribution >= 0.6 is 15.9 Å². The monoisotopic (exact) mass is 281 g/mol. The minimum atomic E-state index is -1.47. The molecule has 0 radical (unpaired) electrons. The maximum absolute atomic E-state index is 10.3. The van der Waals surface area contributed by atoms with E-state index in [0.29, 0.717) is 11.3 Å². The topological polar surface area (TPSA) is 53.2 Å². The molecule has 0 aromatic heterocycles. The summed E-state index contributed by atoms with van der Waals surface area (Å²) in [6.07, 6.45) is 0.264. The Morgan fingerprint density at radius 2 is 2.19 bits per heavy atom. The zero-order valence-electron chi connectivity index (χ0n) is 9.12. The Kier molecular flexibility index (Phi) is 2.48. The smallest absolute Gasteiger partial charge is 0.184 e. The number of aliphatic hydroxyl groups is 1. The molecule has 0 bridgehead atoms. The second-order valence-corrected chi connectivity index (χ2v) is 5.57. The Balaban J connectivity index is 2.62. The zero-order chi connectivity index (χ0) is 12.0. The van der Waals surface area contributed by atoms with Crippen LogP contribution in [0.25, 0.3) is 0 Å². The Bertz CT molecular complexity index is 478. The summed E-state index contributed by atoms with van der Waals surface area (Å²) in [4.78, 5) is 0. The molecule has 1 aliphatic heterocycles. The molecule has 1 N–H and O–H groups in total. The van der Waals surface area contributed by atoms with Gasteiger partial charge in [0.25, 0.3) is 0 Å². The third kappa shape index (κ3) is 1.81. The first-order chi connectivity index (χ1) is 7.36. The molecule has 0 saturated carbocycles. The van der Waals surface area contributed by atoms with Gasteiger partial charge in [0.15, 0.2) is 5.60 Å². The van der Waals surface area contributed by atoms with Crippen LogP contribution in [0.15, 0.2) is 22.7 Å². The molecule has 0 fully saturated rings. The van der Waals surface area contributed by atoms with Crippen molar-refractivity contribution in [1.29, 1.82) is 5.26 Å². The van der Waals surface area contributed by atoms with Gasteiger partial charge in [-0.2, -0.15) is 5.26 Å². The lowest BCUT2D eigenvalue weighted by molar-refractivity contribution is -0.0286. The summed E-state index contributed by atoms with van der Waals surface area (Å²) >= 11 is 3.32. The van der Waals surface area contributed by atoms with Crippen molar-refractivity contribution in [3.63, 3.8) is 0 Å². The van der Waals surface area contributed by atoms with E-state index in [2.05, 4.69) is 15.9 Å². The predicted octanol–water partition coefficient (Wildman–Crippen LogP) is 2.72. The van der Waals surface area contributed by atoms with Crippen LogP contribution < -0.4 is 4.74 Å². The number of nitrogens with zero attached hydrogens (tertiary/aromatic N) is 1. The molecule has 1 aromatic carbocycles. The first-order valence-electron chi connectivity index (χ1n) is 4.99. The molecule has 3 nitrogen and oxygen atoms in total. The van der Waals surface area contributed by atoms with Crippen LogP contribution in [0.1, 0.15) is 25.8 Å². The Morgan fingerprint density at radius 1 is 1.50 bits per heavy atom. The quantitative estimate of drug-likeness (QED) is 0.744. The third-order valence-electron chi connectivity index (χ3n) is 2.64.